The summed E-state index contributed by atoms with van der Waals surface area (Å²) in [6.07, 6.45) is 1.21. The predicted molar refractivity (Wildman–Crippen MR) is 160 cm³/mol. The molecule has 0 saturated carbocycles. The van der Waals surface area contributed by atoms with Gasteiger partial charge in [0, 0.05) is 37.5 Å². The number of likely N-dealkylation sites (N-methyl/N-ethyl adjacent to an activating group) is 1. The number of esters is 1. The molecule has 1 atom stereocenters. The van der Waals surface area contributed by atoms with Gasteiger partial charge in [0.15, 0.2) is 0 Å². The van der Waals surface area contributed by atoms with E-state index in [1.54, 1.807) is 26.0 Å². The van der Waals surface area contributed by atoms with Gasteiger partial charge in [-0.15, -0.1) is 0 Å². The van der Waals surface area contributed by atoms with E-state index in [0.29, 0.717) is 47.6 Å². The number of ether oxygens (including phenoxy) is 1. The number of carbonyl (C=O) groups excluding carboxylic acids is 1. The van der Waals surface area contributed by atoms with E-state index < -0.39 is 27.1 Å². The first-order valence-corrected chi connectivity index (χ1v) is 15.9. The second-order valence-electron chi connectivity index (χ2n) is 12.3. The van der Waals surface area contributed by atoms with Crippen LogP contribution < -0.4 is 4.90 Å². The smallest absolute Gasteiger partial charge is 0.349 e. The Morgan fingerprint density at radius 2 is 1.68 bits per heavy atom. The second kappa shape index (κ2) is 11.5. The van der Waals surface area contributed by atoms with Crippen molar-refractivity contribution in [2.24, 2.45) is 0 Å². The fourth-order valence-electron chi connectivity index (χ4n) is 5.33. The van der Waals surface area contributed by atoms with Crippen LogP contribution in [-0.4, -0.2) is 72.9 Å². The Kier molecular flexibility index (Phi) is 8.76. The number of aliphatic hydroxyl groups is 1. The molecule has 0 aromatic heterocycles. The summed E-state index contributed by atoms with van der Waals surface area (Å²) in [6, 6.07) is 8.33. The van der Waals surface area contributed by atoms with Crippen LogP contribution in [0.5, 0.6) is 5.75 Å². The molecule has 2 aliphatic heterocycles. The summed E-state index contributed by atoms with van der Waals surface area (Å²) in [5.74, 6) is -0.524. The first-order valence-electron chi connectivity index (χ1n) is 13.7. The van der Waals surface area contributed by atoms with Crippen molar-refractivity contribution in [3.05, 3.63) is 57.7 Å². The Labute approximate surface area is 246 Å². The van der Waals surface area contributed by atoms with Crippen molar-refractivity contribution in [3.8, 4) is 5.75 Å². The minimum absolute atomic E-state index is 0.0693. The average molecular weight is 605 g/mol. The SMILES string of the molecule is Cc1c(S(=O)(=O)O)cc(C(C)(C)C)c(SC2=C(O)CC(C)(CCc3ccc(O)cc3)OC2=O)c1N1CCN(C)CC1. The molecule has 0 radical (unpaired) electrons. The van der Waals surface area contributed by atoms with Crippen LogP contribution in [0.15, 0.2) is 50.8 Å². The summed E-state index contributed by atoms with van der Waals surface area (Å²) >= 11 is 1.10. The molecule has 224 valence electrons. The molecule has 2 aromatic carbocycles. The van der Waals surface area contributed by atoms with Crippen molar-refractivity contribution in [1.29, 1.82) is 0 Å². The lowest BCUT2D eigenvalue weighted by Crippen LogP contribution is -2.45. The fraction of sp³-hybridized carbons (Fsp3) is 0.500. The molecule has 9 nitrogen and oxygen atoms in total. The van der Waals surface area contributed by atoms with E-state index in [2.05, 4.69) is 9.80 Å². The zero-order chi connectivity index (χ0) is 30.3. The third-order valence-electron chi connectivity index (χ3n) is 7.78. The highest BCUT2D eigenvalue weighted by molar-refractivity contribution is 8.04. The van der Waals surface area contributed by atoms with Gasteiger partial charge in [0.2, 0.25) is 0 Å². The molecule has 2 aromatic rings. The molecule has 41 heavy (non-hydrogen) atoms. The maximum absolute atomic E-state index is 13.4. The van der Waals surface area contributed by atoms with Crippen molar-refractivity contribution in [2.45, 2.75) is 74.7 Å². The molecule has 1 saturated heterocycles. The quantitative estimate of drug-likeness (QED) is 0.287. The molecule has 2 aliphatic rings. The lowest BCUT2D eigenvalue weighted by atomic mass is 9.85. The Bertz CT molecular complexity index is 1460. The normalized spacial score (nSPS) is 20.9. The number of thioether (sulfide) groups is 1. The molecule has 0 amide bonds. The Morgan fingerprint density at radius 3 is 2.22 bits per heavy atom. The average Bonchev–Trinajstić information content (AvgIpc) is 2.85. The number of aryl methyl sites for hydroxylation is 1. The van der Waals surface area contributed by atoms with E-state index >= 15 is 0 Å². The van der Waals surface area contributed by atoms with E-state index in [0.717, 1.165) is 30.4 Å². The molecule has 0 aliphatic carbocycles. The molecule has 1 unspecified atom stereocenters. The summed E-state index contributed by atoms with van der Waals surface area (Å²) in [5, 5.41) is 20.8. The summed E-state index contributed by atoms with van der Waals surface area (Å²) in [6.45, 7) is 12.1. The van der Waals surface area contributed by atoms with Crippen LogP contribution in [0, 0.1) is 6.92 Å². The molecule has 3 N–H and O–H groups in total. The van der Waals surface area contributed by atoms with Gasteiger partial charge >= 0.3 is 5.97 Å². The third kappa shape index (κ3) is 7.02. The van der Waals surface area contributed by atoms with Crippen molar-refractivity contribution >= 4 is 33.5 Å². The number of piperazine rings is 1. The number of cyclic esters (lactones) is 1. The van der Waals surface area contributed by atoms with Gasteiger partial charge in [-0.25, -0.2) is 4.79 Å². The van der Waals surface area contributed by atoms with E-state index in [1.165, 1.54) is 6.07 Å². The summed E-state index contributed by atoms with van der Waals surface area (Å²) in [4.78, 5) is 18.3. The number of phenols is 1. The van der Waals surface area contributed by atoms with Crippen molar-refractivity contribution in [1.82, 2.24) is 4.90 Å². The van der Waals surface area contributed by atoms with Crippen molar-refractivity contribution < 1.29 is 32.7 Å². The molecule has 2 heterocycles. The predicted octanol–water partition coefficient (Wildman–Crippen LogP) is 5.20. The standard InChI is InChI=1S/C30H40N2O7S2/c1-19-24(41(36,37)38)17-22(29(2,3)4)26(25(19)32-15-13-31(6)14-16-32)40-27-23(34)18-30(5,39-28(27)35)12-11-20-7-9-21(33)10-8-20/h7-10,17,33-34H,11-16,18H2,1-6H3,(H,36,37,38). The van der Waals surface area contributed by atoms with Gasteiger partial charge in [0.25, 0.3) is 10.1 Å². The molecule has 0 spiro atoms. The highest BCUT2D eigenvalue weighted by Gasteiger charge is 2.40. The summed E-state index contributed by atoms with van der Waals surface area (Å²) in [5.41, 5.74) is 1.19. The van der Waals surface area contributed by atoms with E-state index in [1.807, 2.05) is 40.0 Å². The zero-order valence-corrected chi connectivity index (χ0v) is 26.2. The van der Waals surface area contributed by atoms with Crippen LogP contribution in [-0.2, 0) is 31.5 Å². The van der Waals surface area contributed by atoms with Crippen LogP contribution in [0.25, 0.3) is 0 Å². The highest BCUT2D eigenvalue weighted by Crippen LogP contribution is 2.49. The van der Waals surface area contributed by atoms with E-state index in [4.69, 9.17) is 4.74 Å². The van der Waals surface area contributed by atoms with E-state index in [9.17, 15) is 28.0 Å². The maximum atomic E-state index is 13.4. The van der Waals surface area contributed by atoms with E-state index in [-0.39, 0.29) is 27.7 Å². The van der Waals surface area contributed by atoms with Crippen LogP contribution in [0.1, 0.15) is 57.2 Å². The zero-order valence-electron chi connectivity index (χ0n) is 24.5. The first kappa shape index (κ1) is 31.2. The first-order chi connectivity index (χ1) is 19.0. The number of hydrogen-bond donors (Lipinski definition) is 3. The third-order valence-corrected chi connectivity index (χ3v) is 9.98. The minimum Gasteiger partial charge on any atom is -0.511 e. The van der Waals surface area contributed by atoms with Crippen LogP contribution >= 0.6 is 11.8 Å². The van der Waals surface area contributed by atoms with Crippen LogP contribution in [0.4, 0.5) is 5.69 Å². The van der Waals surface area contributed by atoms with Crippen molar-refractivity contribution in [2.75, 3.05) is 38.1 Å². The topological polar surface area (TPSA) is 128 Å². The number of hydrogen-bond acceptors (Lipinski definition) is 9. The lowest BCUT2D eigenvalue weighted by molar-refractivity contribution is -0.156. The minimum atomic E-state index is -4.52. The molecule has 11 heteroatoms. The Balaban J connectivity index is 1.75. The Morgan fingerprint density at radius 1 is 1.07 bits per heavy atom. The number of carbonyl (C=O) groups is 1. The van der Waals surface area contributed by atoms with Gasteiger partial charge in [-0.3, -0.25) is 4.55 Å². The number of benzene rings is 2. The van der Waals surface area contributed by atoms with Gasteiger partial charge in [0.05, 0.1) is 10.6 Å². The van der Waals surface area contributed by atoms with Gasteiger partial charge in [-0.05, 0) is 74.0 Å². The summed E-state index contributed by atoms with van der Waals surface area (Å²) < 4.78 is 41.0. The number of nitrogens with zero attached hydrogens (tertiary/aromatic N) is 2. The van der Waals surface area contributed by atoms with Gasteiger partial charge in [-0.2, -0.15) is 8.42 Å². The maximum Gasteiger partial charge on any atom is 0.349 e. The lowest BCUT2D eigenvalue weighted by Gasteiger charge is -2.38. The van der Waals surface area contributed by atoms with Gasteiger partial charge < -0.3 is 24.7 Å². The number of anilines is 1. The molecule has 4 rings (SSSR count). The highest BCUT2D eigenvalue weighted by atomic mass is 32.2. The summed E-state index contributed by atoms with van der Waals surface area (Å²) in [7, 11) is -2.50. The number of phenolic OH excluding ortho intramolecular Hbond substituents is 1. The fourth-order valence-corrected chi connectivity index (χ4v) is 7.45. The van der Waals surface area contributed by atoms with Crippen LogP contribution in [0.2, 0.25) is 0 Å². The second-order valence-corrected chi connectivity index (χ2v) is 14.7. The molecular formula is C30H40N2O7S2. The molecule has 0 bridgehead atoms. The Hall–Kier alpha value is -2.73. The molecular weight excluding hydrogens is 564 g/mol. The molecule has 1 fully saturated rings. The van der Waals surface area contributed by atoms with Crippen molar-refractivity contribution in [3.63, 3.8) is 0 Å². The number of aromatic hydroxyl groups is 1. The monoisotopic (exact) mass is 604 g/mol. The largest absolute Gasteiger partial charge is 0.511 e. The number of aliphatic hydroxyl groups excluding tert-OH is 1. The van der Waals surface area contributed by atoms with Gasteiger partial charge in [-0.1, -0.05) is 44.7 Å². The van der Waals surface area contributed by atoms with Crippen LogP contribution in [0.3, 0.4) is 0 Å². The van der Waals surface area contributed by atoms with Gasteiger partial charge in [0.1, 0.15) is 22.0 Å². The number of rotatable bonds is 7.